The van der Waals surface area contributed by atoms with Crippen molar-refractivity contribution in [2.45, 2.75) is 50.5 Å². The molecular formula is C17H27N3O5S. The summed E-state index contributed by atoms with van der Waals surface area (Å²) in [5, 5.41) is 2.77. The normalized spacial score (nSPS) is 15.8. The van der Waals surface area contributed by atoms with Crippen molar-refractivity contribution in [3.05, 3.63) is 18.0 Å². The summed E-state index contributed by atoms with van der Waals surface area (Å²) < 4.78 is 33.0. The van der Waals surface area contributed by atoms with Gasteiger partial charge in [-0.3, -0.25) is 4.79 Å². The highest BCUT2D eigenvalue weighted by molar-refractivity contribution is 7.89. The molecule has 1 aliphatic rings. The van der Waals surface area contributed by atoms with Gasteiger partial charge >= 0.3 is 5.97 Å². The largest absolute Gasteiger partial charge is 0.451 e. The lowest BCUT2D eigenvalue weighted by atomic mass is 10.0. The lowest BCUT2D eigenvalue weighted by Gasteiger charge is -2.24. The topological polar surface area (TPSA) is 97.7 Å². The molecule has 1 fully saturated rings. The Morgan fingerprint density at radius 1 is 1.27 bits per heavy atom. The first-order chi connectivity index (χ1) is 12.1. The minimum Gasteiger partial charge on any atom is -0.451 e. The van der Waals surface area contributed by atoms with Crippen LogP contribution in [0.2, 0.25) is 0 Å². The number of esters is 1. The number of aryl methyl sites for hydroxylation is 1. The van der Waals surface area contributed by atoms with E-state index in [0.717, 1.165) is 19.3 Å². The molecule has 1 saturated heterocycles. The Labute approximate surface area is 154 Å². The first-order valence-electron chi connectivity index (χ1n) is 8.71. The number of aromatic nitrogens is 1. The molecule has 1 aromatic rings. The van der Waals surface area contributed by atoms with Gasteiger partial charge in [0, 0.05) is 31.9 Å². The predicted molar refractivity (Wildman–Crippen MR) is 96.2 cm³/mol. The number of hydrogen-bond acceptors (Lipinski definition) is 5. The molecule has 1 aliphatic heterocycles. The quantitative estimate of drug-likeness (QED) is 0.713. The van der Waals surface area contributed by atoms with Gasteiger partial charge in [0.1, 0.15) is 10.6 Å². The second-order valence-corrected chi connectivity index (χ2v) is 9.08. The van der Waals surface area contributed by atoms with E-state index >= 15 is 0 Å². The maximum atomic E-state index is 12.6. The number of carbonyl (C=O) groups excluding carboxylic acids is 2. The first kappa shape index (κ1) is 20.4. The molecule has 0 aromatic carbocycles. The highest BCUT2D eigenvalue weighted by atomic mass is 32.2. The third-order valence-corrected chi connectivity index (χ3v) is 6.45. The van der Waals surface area contributed by atoms with Crippen LogP contribution in [0.25, 0.3) is 0 Å². The third kappa shape index (κ3) is 4.64. The molecule has 0 spiro atoms. The molecule has 1 aromatic heterocycles. The number of hydrogen-bond donors (Lipinski definition) is 1. The molecule has 26 heavy (non-hydrogen) atoms. The van der Waals surface area contributed by atoms with Crippen LogP contribution in [0.15, 0.2) is 17.2 Å². The van der Waals surface area contributed by atoms with Crippen LogP contribution in [0.4, 0.5) is 0 Å². The minimum atomic E-state index is -3.61. The van der Waals surface area contributed by atoms with Gasteiger partial charge in [0.25, 0.3) is 5.91 Å². The zero-order valence-electron chi connectivity index (χ0n) is 15.7. The monoisotopic (exact) mass is 385 g/mol. The summed E-state index contributed by atoms with van der Waals surface area (Å²) >= 11 is 0. The summed E-state index contributed by atoms with van der Waals surface area (Å²) in [6.07, 6.45) is 3.81. The molecule has 146 valence electrons. The van der Waals surface area contributed by atoms with E-state index < -0.39 is 28.5 Å². The van der Waals surface area contributed by atoms with E-state index in [1.165, 1.54) is 21.1 Å². The average molecular weight is 385 g/mol. The maximum Gasteiger partial charge on any atom is 0.355 e. The third-order valence-electron chi connectivity index (χ3n) is 4.59. The number of nitrogens with one attached hydrogen (secondary N) is 1. The van der Waals surface area contributed by atoms with E-state index in [4.69, 9.17) is 4.74 Å². The van der Waals surface area contributed by atoms with Crippen LogP contribution >= 0.6 is 0 Å². The molecular weight excluding hydrogens is 358 g/mol. The predicted octanol–water partition coefficient (Wildman–Crippen LogP) is 1.27. The molecule has 1 N–H and O–H groups in total. The molecule has 0 radical (unpaired) electrons. The Morgan fingerprint density at radius 2 is 1.88 bits per heavy atom. The Kier molecular flexibility index (Phi) is 6.13. The number of nitrogens with zero attached hydrogens (tertiary/aromatic N) is 2. The fourth-order valence-corrected chi connectivity index (χ4v) is 4.25. The standard InChI is InChI=1S/C17H27N3O5S/c1-5-17(2,3)18-15(21)12-25-16(22)14-10-13(11-19(14)4)26(23,24)20-8-6-7-9-20/h10-11H,5-9,12H2,1-4H3,(H,18,21). The van der Waals surface area contributed by atoms with Gasteiger partial charge in [0.15, 0.2) is 6.61 Å². The van der Waals surface area contributed by atoms with Crippen LogP contribution < -0.4 is 5.32 Å². The zero-order valence-corrected chi connectivity index (χ0v) is 16.6. The van der Waals surface area contributed by atoms with E-state index in [9.17, 15) is 18.0 Å². The molecule has 0 unspecified atom stereocenters. The summed E-state index contributed by atoms with van der Waals surface area (Å²) in [5.74, 6) is -1.14. The average Bonchev–Trinajstić information content (AvgIpc) is 3.22. The van der Waals surface area contributed by atoms with Gasteiger partial charge in [-0.1, -0.05) is 6.92 Å². The van der Waals surface area contributed by atoms with Crippen molar-refractivity contribution in [3.8, 4) is 0 Å². The summed E-state index contributed by atoms with van der Waals surface area (Å²) in [5.41, 5.74) is -0.295. The van der Waals surface area contributed by atoms with Gasteiger partial charge in [-0.2, -0.15) is 4.31 Å². The fraction of sp³-hybridized carbons (Fsp3) is 0.647. The fourth-order valence-electron chi connectivity index (χ4n) is 2.66. The van der Waals surface area contributed by atoms with Crippen molar-refractivity contribution in [1.29, 1.82) is 0 Å². The smallest absolute Gasteiger partial charge is 0.355 e. The van der Waals surface area contributed by atoms with E-state index in [2.05, 4.69) is 5.32 Å². The molecule has 0 aliphatic carbocycles. The van der Waals surface area contributed by atoms with Gasteiger partial charge in [0.2, 0.25) is 10.0 Å². The number of rotatable bonds is 7. The van der Waals surface area contributed by atoms with Crippen LogP contribution in [0, 0.1) is 0 Å². The zero-order chi connectivity index (χ0) is 19.5. The van der Waals surface area contributed by atoms with E-state index in [-0.39, 0.29) is 16.1 Å². The summed E-state index contributed by atoms with van der Waals surface area (Å²) in [4.78, 5) is 24.2. The van der Waals surface area contributed by atoms with Crippen molar-refractivity contribution >= 4 is 21.9 Å². The number of carbonyl (C=O) groups is 2. The highest BCUT2D eigenvalue weighted by Gasteiger charge is 2.30. The Balaban J connectivity index is 2.04. The highest BCUT2D eigenvalue weighted by Crippen LogP contribution is 2.22. The van der Waals surface area contributed by atoms with Crippen LogP contribution in [0.3, 0.4) is 0 Å². The molecule has 0 bridgehead atoms. The van der Waals surface area contributed by atoms with Crippen molar-refractivity contribution in [2.75, 3.05) is 19.7 Å². The summed E-state index contributed by atoms with van der Waals surface area (Å²) in [6, 6.07) is 1.30. The van der Waals surface area contributed by atoms with E-state index in [0.29, 0.717) is 13.1 Å². The lowest BCUT2D eigenvalue weighted by Crippen LogP contribution is -2.44. The first-order valence-corrected chi connectivity index (χ1v) is 10.2. The van der Waals surface area contributed by atoms with Crippen molar-refractivity contribution < 1.29 is 22.7 Å². The molecule has 1 amide bonds. The van der Waals surface area contributed by atoms with Crippen LogP contribution in [0.1, 0.15) is 50.5 Å². The SMILES string of the molecule is CCC(C)(C)NC(=O)COC(=O)c1cc(S(=O)(=O)N2CCCC2)cn1C. The Hall–Kier alpha value is -1.87. The molecule has 0 saturated carbocycles. The van der Waals surface area contributed by atoms with Crippen molar-refractivity contribution in [2.24, 2.45) is 7.05 Å². The second-order valence-electron chi connectivity index (χ2n) is 7.14. The Morgan fingerprint density at radius 3 is 2.46 bits per heavy atom. The van der Waals surface area contributed by atoms with Gasteiger partial charge < -0.3 is 14.6 Å². The van der Waals surface area contributed by atoms with Gasteiger partial charge in [-0.25, -0.2) is 13.2 Å². The summed E-state index contributed by atoms with van der Waals surface area (Å²) in [6.45, 7) is 6.26. The summed E-state index contributed by atoms with van der Waals surface area (Å²) in [7, 11) is -2.04. The number of ether oxygens (including phenoxy) is 1. The van der Waals surface area contributed by atoms with Crippen LogP contribution in [-0.4, -0.2) is 54.4 Å². The van der Waals surface area contributed by atoms with Gasteiger partial charge in [-0.15, -0.1) is 0 Å². The van der Waals surface area contributed by atoms with E-state index in [1.807, 2.05) is 20.8 Å². The Bertz CT molecular complexity index is 776. The van der Waals surface area contributed by atoms with Gasteiger partial charge in [-0.05, 0) is 39.2 Å². The molecule has 9 heteroatoms. The minimum absolute atomic E-state index is 0.0606. The molecule has 2 heterocycles. The second kappa shape index (κ2) is 7.79. The number of amides is 1. The maximum absolute atomic E-state index is 12.6. The molecule has 2 rings (SSSR count). The lowest BCUT2D eigenvalue weighted by molar-refractivity contribution is -0.125. The van der Waals surface area contributed by atoms with Crippen LogP contribution in [0.5, 0.6) is 0 Å². The van der Waals surface area contributed by atoms with E-state index in [1.54, 1.807) is 7.05 Å². The van der Waals surface area contributed by atoms with Crippen molar-refractivity contribution in [3.63, 3.8) is 0 Å². The number of sulfonamides is 1. The van der Waals surface area contributed by atoms with Gasteiger partial charge in [0.05, 0.1) is 0 Å². The van der Waals surface area contributed by atoms with Crippen LogP contribution in [-0.2, 0) is 26.6 Å². The molecule has 8 nitrogen and oxygen atoms in total. The molecule has 0 atom stereocenters. The van der Waals surface area contributed by atoms with Crippen molar-refractivity contribution in [1.82, 2.24) is 14.2 Å².